The average Bonchev–Trinajstić information content (AvgIpc) is 2.47. The van der Waals surface area contributed by atoms with Gasteiger partial charge in [-0.15, -0.1) is 4.43 Å². The molecule has 1 aliphatic heterocycles. The molecule has 1 aliphatic rings. The fourth-order valence-corrected chi connectivity index (χ4v) is 5.04. The van der Waals surface area contributed by atoms with Gasteiger partial charge in [-0.2, -0.15) is 0 Å². The topological polar surface area (TPSA) is 0 Å². The summed E-state index contributed by atoms with van der Waals surface area (Å²) in [6.07, 6.45) is 1.36. The Morgan fingerprint density at radius 1 is 1.36 bits per heavy atom. The zero-order chi connectivity index (χ0) is 7.68. The first-order chi connectivity index (χ1) is 5.42. The van der Waals surface area contributed by atoms with E-state index in [1.807, 2.05) is 0 Å². The van der Waals surface area contributed by atoms with Crippen molar-refractivity contribution in [3.8, 4) is 0 Å². The Hall–Kier alpha value is -0.248. The summed E-state index contributed by atoms with van der Waals surface area (Å²) in [6.45, 7) is 2.35. The SMILES string of the molecule is C[CH2][Al]1[CH2]Cc2cccc[c]21. The van der Waals surface area contributed by atoms with Gasteiger partial charge in [0.25, 0.3) is 0 Å². The molecule has 0 spiro atoms. The fourth-order valence-electron chi connectivity index (χ4n) is 2.07. The summed E-state index contributed by atoms with van der Waals surface area (Å²) >= 11 is -0.458. The molecular formula is C10H13Al. The zero-order valence-corrected chi connectivity index (χ0v) is 8.16. The molecule has 0 N–H and O–H groups in total. The minimum atomic E-state index is -0.458. The first-order valence-electron chi connectivity index (χ1n) is 4.49. The van der Waals surface area contributed by atoms with Gasteiger partial charge in [0.1, 0.15) is 0 Å². The van der Waals surface area contributed by atoms with Crippen LogP contribution in [0.15, 0.2) is 24.3 Å². The first-order valence-corrected chi connectivity index (χ1v) is 6.70. The van der Waals surface area contributed by atoms with Crippen molar-refractivity contribution in [1.29, 1.82) is 0 Å². The third kappa shape index (κ3) is 1.24. The highest BCUT2D eigenvalue weighted by Crippen LogP contribution is 2.15. The molecule has 1 aromatic rings. The van der Waals surface area contributed by atoms with E-state index in [1.165, 1.54) is 17.0 Å². The van der Waals surface area contributed by atoms with Crippen LogP contribution in [0.25, 0.3) is 0 Å². The van der Waals surface area contributed by atoms with Crippen molar-refractivity contribution >= 4 is 18.6 Å². The van der Waals surface area contributed by atoms with Crippen LogP contribution in [0.4, 0.5) is 0 Å². The van der Waals surface area contributed by atoms with E-state index in [-0.39, 0.29) is 0 Å². The maximum absolute atomic E-state index is 2.35. The number of hydrogen-bond donors (Lipinski definition) is 0. The van der Waals surface area contributed by atoms with Gasteiger partial charge < -0.3 is 0 Å². The predicted molar refractivity (Wildman–Crippen MR) is 50.8 cm³/mol. The van der Waals surface area contributed by atoms with Crippen molar-refractivity contribution in [2.45, 2.75) is 23.9 Å². The summed E-state index contributed by atoms with van der Waals surface area (Å²) in [5, 5.41) is 2.95. The van der Waals surface area contributed by atoms with Gasteiger partial charge in [-0.05, 0) is 6.42 Å². The molecule has 0 aromatic heterocycles. The van der Waals surface area contributed by atoms with Crippen LogP contribution in [0.3, 0.4) is 0 Å². The highest BCUT2D eigenvalue weighted by molar-refractivity contribution is 6.74. The Kier molecular flexibility index (Phi) is 2.03. The largest absolute Gasteiger partial charge is 0.306 e. The quantitative estimate of drug-likeness (QED) is 0.551. The molecule has 0 aliphatic carbocycles. The Morgan fingerprint density at radius 2 is 2.18 bits per heavy atom. The summed E-state index contributed by atoms with van der Waals surface area (Å²) in [4.78, 5) is 0. The van der Waals surface area contributed by atoms with Gasteiger partial charge in [0, 0.05) is 0 Å². The van der Waals surface area contributed by atoms with E-state index in [1.54, 1.807) is 9.99 Å². The van der Waals surface area contributed by atoms with E-state index >= 15 is 0 Å². The Balaban J connectivity index is 2.39. The molecule has 0 atom stereocenters. The molecule has 0 saturated carbocycles. The van der Waals surface area contributed by atoms with Gasteiger partial charge in [-0.1, -0.05) is 47.3 Å². The molecule has 0 fully saturated rings. The molecule has 0 amide bonds. The van der Waals surface area contributed by atoms with E-state index in [0.29, 0.717) is 0 Å². The van der Waals surface area contributed by atoms with Crippen LogP contribution in [0.5, 0.6) is 0 Å². The normalized spacial score (nSPS) is 15.2. The van der Waals surface area contributed by atoms with Crippen LogP contribution in [0.1, 0.15) is 12.5 Å². The molecule has 1 heterocycles. The monoisotopic (exact) mass is 160 g/mol. The summed E-state index contributed by atoms with van der Waals surface area (Å²) in [5.41, 5.74) is 1.64. The summed E-state index contributed by atoms with van der Waals surface area (Å²) in [7, 11) is 0. The molecule has 0 bridgehead atoms. The first kappa shape index (κ1) is 7.40. The van der Waals surface area contributed by atoms with Crippen molar-refractivity contribution in [2.75, 3.05) is 0 Å². The van der Waals surface area contributed by atoms with Crippen molar-refractivity contribution in [2.24, 2.45) is 0 Å². The van der Waals surface area contributed by atoms with E-state index in [2.05, 4.69) is 31.2 Å². The lowest BCUT2D eigenvalue weighted by molar-refractivity contribution is 1.16. The Bertz CT molecular complexity index is 255. The number of hydrogen-bond acceptors (Lipinski definition) is 0. The lowest BCUT2D eigenvalue weighted by Gasteiger charge is -2.00. The highest BCUT2D eigenvalue weighted by Gasteiger charge is 2.25. The predicted octanol–water partition coefficient (Wildman–Crippen LogP) is 1.96. The highest BCUT2D eigenvalue weighted by atomic mass is 27.2. The molecule has 1 aromatic carbocycles. The van der Waals surface area contributed by atoms with Crippen LogP contribution in [0.2, 0.25) is 10.6 Å². The van der Waals surface area contributed by atoms with Crippen molar-refractivity contribution in [3.05, 3.63) is 29.8 Å². The summed E-state index contributed by atoms with van der Waals surface area (Å²) in [6, 6.07) is 9.02. The molecule has 1 heteroatoms. The molecule has 2 rings (SSSR count). The second-order valence-corrected chi connectivity index (χ2v) is 6.75. The van der Waals surface area contributed by atoms with Gasteiger partial charge in [-0.3, -0.25) is 0 Å². The Labute approximate surface area is 72.6 Å². The molecule has 0 nitrogen and oxygen atoms in total. The van der Waals surface area contributed by atoms with Gasteiger partial charge in [0.2, 0.25) is 0 Å². The van der Waals surface area contributed by atoms with Crippen molar-refractivity contribution in [1.82, 2.24) is 0 Å². The van der Waals surface area contributed by atoms with Crippen LogP contribution in [-0.2, 0) is 6.42 Å². The summed E-state index contributed by atoms with van der Waals surface area (Å²) < 4.78 is 1.75. The standard InChI is InChI=1S/C8H8.C2H5.Al/c1-2-8-6-4-3-5-7-8;1-2;/h3-6H,1-2H2;1H2,2H3;. The van der Waals surface area contributed by atoms with Crippen LogP contribution in [0, 0.1) is 0 Å². The van der Waals surface area contributed by atoms with Gasteiger partial charge in [0.15, 0.2) is 0 Å². The van der Waals surface area contributed by atoms with E-state index in [0.717, 1.165) is 0 Å². The number of aryl methyl sites for hydroxylation is 1. The van der Waals surface area contributed by atoms with Crippen LogP contribution in [-0.4, -0.2) is 14.1 Å². The van der Waals surface area contributed by atoms with Crippen LogP contribution >= 0.6 is 0 Å². The molecular weight excluding hydrogens is 147 g/mol. The molecule has 11 heavy (non-hydrogen) atoms. The fraction of sp³-hybridized carbons (Fsp3) is 0.400. The average molecular weight is 160 g/mol. The minimum Gasteiger partial charge on any atom is -0.107 e. The maximum Gasteiger partial charge on any atom is 0.306 e. The molecule has 0 unspecified atom stereocenters. The van der Waals surface area contributed by atoms with Gasteiger partial charge in [-0.25, -0.2) is 0 Å². The van der Waals surface area contributed by atoms with Gasteiger partial charge >= 0.3 is 14.1 Å². The number of fused-ring (bicyclic) bond motifs is 1. The van der Waals surface area contributed by atoms with Gasteiger partial charge in [0.05, 0.1) is 0 Å². The smallest absolute Gasteiger partial charge is 0.107 e. The zero-order valence-electron chi connectivity index (χ0n) is 7.01. The maximum atomic E-state index is 2.35. The van der Waals surface area contributed by atoms with E-state index in [4.69, 9.17) is 0 Å². The number of rotatable bonds is 1. The minimum absolute atomic E-state index is 0.458. The van der Waals surface area contributed by atoms with E-state index < -0.39 is 14.1 Å². The lowest BCUT2D eigenvalue weighted by Crippen LogP contribution is -2.24. The molecule has 56 valence electrons. The third-order valence-corrected chi connectivity index (χ3v) is 6.16. The molecule has 0 radical (unpaired) electrons. The Morgan fingerprint density at radius 3 is 3.00 bits per heavy atom. The second kappa shape index (κ2) is 3.01. The summed E-state index contributed by atoms with van der Waals surface area (Å²) in [5.74, 6) is 0. The third-order valence-electron chi connectivity index (χ3n) is 2.75. The van der Waals surface area contributed by atoms with E-state index in [9.17, 15) is 0 Å². The molecule has 0 saturated heterocycles. The van der Waals surface area contributed by atoms with Crippen molar-refractivity contribution < 1.29 is 0 Å². The lowest BCUT2D eigenvalue weighted by atomic mass is 10.2. The van der Waals surface area contributed by atoms with Crippen LogP contribution < -0.4 is 4.43 Å². The number of benzene rings is 1. The second-order valence-electron chi connectivity index (χ2n) is 3.34. The van der Waals surface area contributed by atoms with Crippen molar-refractivity contribution in [3.63, 3.8) is 0 Å².